The maximum absolute atomic E-state index is 10.5. The number of rotatable bonds is 5. The van der Waals surface area contributed by atoms with Crippen LogP contribution >= 0.6 is 0 Å². The maximum Gasteiger partial charge on any atom is 0.269 e. The van der Waals surface area contributed by atoms with Crippen LogP contribution in [0.25, 0.3) is 0 Å². The fourth-order valence-electron chi connectivity index (χ4n) is 2.04. The molecule has 0 bridgehead atoms. The largest absolute Gasteiger partial charge is 0.384 e. The van der Waals surface area contributed by atoms with Crippen LogP contribution in [-0.2, 0) is 0 Å². The van der Waals surface area contributed by atoms with Gasteiger partial charge in [-0.15, -0.1) is 0 Å². The number of nitro groups is 1. The van der Waals surface area contributed by atoms with Gasteiger partial charge in [0.15, 0.2) is 0 Å². The minimum absolute atomic E-state index is 0.127. The summed E-state index contributed by atoms with van der Waals surface area (Å²) < 4.78 is 0. The van der Waals surface area contributed by atoms with Gasteiger partial charge in [-0.2, -0.15) is 0 Å². The van der Waals surface area contributed by atoms with Crippen molar-refractivity contribution >= 4 is 11.4 Å². The number of nitro benzene ring substituents is 1. The SMILES string of the molecule is CN1CCN(CCNc2ccc([N+](=O)[O-])cc2)C1. The average Bonchev–Trinajstić information content (AvgIpc) is 2.76. The molecule has 1 N–H and O–H groups in total. The van der Waals surface area contributed by atoms with Crippen molar-refractivity contribution in [1.82, 2.24) is 9.80 Å². The highest BCUT2D eigenvalue weighted by atomic mass is 16.6. The van der Waals surface area contributed by atoms with Gasteiger partial charge >= 0.3 is 0 Å². The summed E-state index contributed by atoms with van der Waals surface area (Å²) in [5, 5.41) is 13.8. The normalized spacial score (nSPS) is 16.9. The molecule has 1 aliphatic heterocycles. The van der Waals surface area contributed by atoms with Gasteiger partial charge in [0.25, 0.3) is 5.69 Å². The number of benzene rings is 1. The molecule has 18 heavy (non-hydrogen) atoms. The molecule has 0 unspecified atom stereocenters. The molecule has 2 rings (SSSR count). The van der Waals surface area contributed by atoms with Crippen molar-refractivity contribution in [3.8, 4) is 0 Å². The second kappa shape index (κ2) is 5.79. The second-order valence-electron chi connectivity index (χ2n) is 4.57. The Morgan fingerprint density at radius 1 is 1.33 bits per heavy atom. The number of anilines is 1. The number of hydrogen-bond acceptors (Lipinski definition) is 5. The van der Waals surface area contributed by atoms with E-state index in [-0.39, 0.29) is 10.6 Å². The molecule has 1 aliphatic rings. The van der Waals surface area contributed by atoms with Crippen molar-refractivity contribution < 1.29 is 4.92 Å². The van der Waals surface area contributed by atoms with E-state index in [4.69, 9.17) is 0 Å². The predicted molar refractivity (Wildman–Crippen MR) is 70.7 cm³/mol. The third-order valence-corrected chi connectivity index (χ3v) is 3.07. The Bertz CT molecular complexity index is 407. The van der Waals surface area contributed by atoms with Crippen LogP contribution in [0.5, 0.6) is 0 Å². The Kier molecular flexibility index (Phi) is 4.11. The minimum Gasteiger partial charge on any atom is -0.384 e. The zero-order valence-corrected chi connectivity index (χ0v) is 10.5. The van der Waals surface area contributed by atoms with Crippen molar-refractivity contribution in [2.45, 2.75) is 0 Å². The monoisotopic (exact) mass is 250 g/mol. The summed E-state index contributed by atoms with van der Waals surface area (Å²) in [4.78, 5) is 14.8. The van der Waals surface area contributed by atoms with Crippen molar-refractivity contribution in [3.63, 3.8) is 0 Å². The Morgan fingerprint density at radius 3 is 2.61 bits per heavy atom. The lowest BCUT2D eigenvalue weighted by molar-refractivity contribution is -0.384. The lowest BCUT2D eigenvalue weighted by Gasteiger charge is -2.15. The van der Waals surface area contributed by atoms with Crippen LogP contribution in [0, 0.1) is 10.1 Å². The first-order valence-electron chi connectivity index (χ1n) is 6.04. The molecule has 1 fully saturated rings. The van der Waals surface area contributed by atoms with Crippen LogP contribution in [0.3, 0.4) is 0 Å². The molecule has 1 saturated heterocycles. The van der Waals surface area contributed by atoms with Crippen molar-refractivity contribution in [3.05, 3.63) is 34.4 Å². The molecule has 1 aromatic rings. The van der Waals surface area contributed by atoms with Crippen molar-refractivity contribution in [2.24, 2.45) is 0 Å². The zero-order chi connectivity index (χ0) is 13.0. The fraction of sp³-hybridized carbons (Fsp3) is 0.500. The number of hydrogen-bond donors (Lipinski definition) is 1. The van der Waals surface area contributed by atoms with Crippen molar-refractivity contribution in [1.29, 1.82) is 0 Å². The van der Waals surface area contributed by atoms with Gasteiger partial charge in [0.1, 0.15) is 0 Å². The first-order valence-corrected chi connectivity index (χ1v) is 6.04. The zero-order valence-electron chi connectivity index (χ0n) is 10.5. The first-order chi connectivity index (χ1) is 8.65. The van der Waals surface area contributed by atoms with Gasteiger partial charge < -0.3 is 5.32 Å². The molecule has 0 radical (unpaired) electrons. The van der Waals surface area contributed by atoms with Gasteiger partial charge in [-0.3, -0.25) is 19.9 Å². The quantitative estimate of drug-likeness (QED) is 0.628. The third-order valence-electron chi connectivity index (χ3n) is 3.07. The summed E-state index contributed by atoms with van der Waals surface area (Å²) in [6, 6.07) is 6.53. The van der Waals surface area contributed by atoms with E-state index < -0.39 is 0 Å². The van der Waals surface area contributed by atoms with Gasteiger partial charge in [0, 0.05) is 44.0 Å². The summed E-state index contributed by atoms with van der Waals surface area (Å²) in [5.41, 5.74) is 1.05. The van der Waals surface area contributed by atoms with Gasteiger partial charge in [-0.05, 0) is 19.2 Å². The predicted octanol–water partition coefficient (Wildman–Crippen LogP) is 1.21. The van der Waals surface area contributed by atoms with Crippen LogP contribution in [-0.4, -0.2) is 54.6 Å². The summed E-state index contributed by atoms with van der Waals surface area (Å²) >= 11 is 0. The van der Waals surface area contributed by atoms with Gasteiger partial charge in [0.2, 0.25) is 0 Å². The summed E-state index contributed by atoms with van der Waals surface area (Å²) in [6.45, 7) is 5.09. The Balaban J connectivity index is 1.75. The van der Waals surface area contributed by atoms with Crippen LogP contribution in [0.1, 0.15) is 0 Å². The summed E-state index contributed by atoms with van der Waals surface area (Å²) in [5.74, 6) is 0. The van der Waals surface area contributed by atoms with E-state index in [2.05, 4.69) is 22.2 Å². The third kappa shape index (κ3) is 3.41. The van der Waals surface area contributed by atoms with Crippen LogP contribution in [0.2, 0.25) is 0 Å². The molecule has 6 heteroatoms. The summed E-state index contributed by atoms with van der Waals surface area (Å²) in [7, 11) is 2.11. The molecule has 0 aliphatic carbocycles. The molecule has 0 aromatic heterocycles. The number of non-ortho nitro benzene ring substituents is 1. The maximum atomic E-state index is 10.5. The molecular formula is C12H18N4O2. The van der Waals surface area contributed by atoms with E-state index in [1.54, 1.807) is 12.1 Å². The van der Waals surface area contributed by atoms with E-state index in [1.807, 2.05) is 0 Å². The van der Waals surface area contributed by atoms with E-state index in [9.17, 15) is 10.1 Å². The minimum atomic E-state index is -0.385. The highest BCUT2D eigenvalue weighted by molar-refractivity contribution is 5.48. The molecule has 0 saturated carbocycles. The molecule has 0 amide bonds. The van der Waals surface area contributed by atoms with Crippen LogP contribution in [0.4, 0.5) is 11.4 Å². The Hall–Kier alpha value is -1.66. The second-order valence-corrected chi connectivity index (χ2v) is 4.57. The fourth-order valence-corrected chi connectivity index (χ4v) is 2.04. The standard InChI is InChI=1S/C12H18N4O2/c1-14-8-9-15(10-14)7-6-13-11-2-4-12(5-3-11)16(17)18/h2-5,13H,6-10H2,1H3. The average molecular weight is 250 g/mol. The van der Waals surface area contributed by atoms with Gasteiger partial charge in [0.05, 0.1) is 11.6 Å². The number of nitrogens with zero attached hydrogens (tertiary/aromatic N) is 3. The van der Waals surface area contributed by atoms with E-state index in [0.29, 0.717) is 0 Å². The molecule has 98 valence electrons. The van der Waals surface area contributed by atoms with Crippen LogP contribution in [0.15, 0.2) is 24.3 Å². The number of likely N-dealkylation sites (N-methyl/N-ethyl adjacent to an activating group) is 1. The molecule has 1 heterocycles. The molecule has 0 spiro atoms. The molecular weight excluding hydrogens is 232 g/mol. The van der Waals surface area contributed by atoms with Gasteiger partial charge in [-0.1, -0.05) is 0 Å². The van der Waals surface area contributed by atoms with E-state index in [1.165, 1.54) is 12.1 Å². The number of nitrogens with one attached hydrogen (secondary N) is 1. The highest BCUT2D eigenvalue weighted by Crippen LogP contribution is 2.15. The Morgan fingerprint density at radius 2 is 2.06 bits per heavy atom. The Labute approximate surface area is 106 Å². The topological polar surface area (TPSA) is 61.6 Å². The molecule has 1 aromatic carbocycles. The van der Waals surface area contributed by atoms with Crippen LogP contribution < -0.4 is 5.32 Å². The van der Waals surface area contributed by atoms with E-state index >= 15 is 0 Å². The highest BCUT2D eigenvalue weighted by Gasteiger charge is 2.15. The lowest BCUT2D eigenvalue weighted by Crippen LogP contribution is -2.28. The smallest absolute Gasteiger partial charge is 0.269 e. The summed E-state index contributed by atoms with van der Waals surface area (Å²) in [6.07, 6.45) is 0. The molecule has 0 atom stereocenters. The van der Waals surface area contributed by atoms with Crippen molar-refractivity contribution in [2.75, 3.05) is 45.2 Å². The lowest BCUT2D eigenvalue weighted by atomic mass is 10.3. The van der Waals surface area contributed by atoms with E-state index in [0.717, 1.165) is 38.5 Å². The molecule has 6 nitrogen and oxygen atoms in total. The first kappa shape index (κ1) is 12.8. The van der Waals surface area contributed by atoms with Gasteiger partial charge in [-0.25, -0.2) is 0 Å².